The molecule has 1 aliphatic carbocycles. The van der Waals surface area contributed by atoms with Gasteiger partial charge in [0.25, 0.3) is 0 Å². The summed E-state index contributed by atoms with van der Waals surface area (Å²) < 4.78 is 0. The van der Waals surface area contributed by atoms with Crippen molar-refractivity contribution in [3.8, 4) is 0 Å². The van der Waals surface area contributed by atoms with Crippen LogP contribution in [0.15, 0.2) is 0 Å². The predicted molar refractivity (Wildman–Crippen MR) is 53.8 cm³/mol. The Morgan fingerprint density at radius 2 is 1.87 bits per heavy atom. The summed E-state index contributed by atoms with van der Waals surface area (Å²) >= 11 is 0. The number of hydrogen-bond acceptors (Lipinski definition) is 3. The number of piperidine rings is 1. The molecular weight excluding hydrogens is 194 g/mol. The number of carbonyl (C=O) groups excluding carboxylic acids is 2. The summed E-state index contributed by atoms with van der Waals surface area (Å²) in [6.45, 7) is 2.05. The Morgan fingerprint density at radius 1 is 1.33 bits per heavy atom. The van der Waals surface area contributed by atoms with Gasteiger partial charge in [-0.2, -0.15) is 0 Å². The Hall–Kier alpha value is -0.900. The summed E-state index contributed by atoms with van der Waals surface area (Å²) in [5, 5.41) is 9.15. The molecule has 1 heterocycles. The number of carbonyl (C=O) groups is 2. The van der Waals surface area contributed by atoms with Crippen molar-refractivity contribution in [2.45, 2.75) is 38.7 Å². The molecule has 2 amide bonds. The van der Waals surface area contributed by atoms with E-state index in [9.17, 15) is 9.59 Å². The first-order valence-electron chi connectivity index (χ1n) is 5.63. The van der Waals surface area contributed by atoms with E-state index in [0.29, 0.717) is 13.0 Å². The number of hydrogen-bond donors (Lipinski definition) is 1. The van der Waals surface area contributed by atoms with Crippen LogP contribution in [0.1, 0.15) is 32.6 Å². The fourth-order valence-corrected chi connectivity index (χ4v) is 2.52. The van der Waals surface area contributed by atoms with Gasteiger partial charge in [-0.15, -0.1) is 0 Å². The Morgan fingerprint density at radius 3 is 2.33 bits per heavy atom. The summed E-state index contributed by atoms with van der Waals surface area (Å²) in [4.78, 5) is 25.0. The molecule has 0 radical (unpaired) electrons. The smallest absolute Gasteiger partial charge is 0.232 e. The van der Waals surface area contributed by atoms with Crippen LogP contribution < -0.4 is 0 Å². The van der Waals surface area contributed by atoms with Crippen molar-refractivity contribution in [2.75, 3.05) is 6.54 Å². The average molecular weight is 211 g/mol. The molecule has 1 saturated carbocycles. The highest BCUT2D eigenvalue weighted by atomic mass is 16.3. The predicted octanol–water partition coefficient (Wildman–Crippen LogP) is 0.542. The zero-order valence-electron chi connectivity index (χ0n) is 8.98. The number of fused-ring (bicyclic) bond motifs is 2. The van der Waals surface area contributed by atoms with Crippen molar-refractivity contribution < 1.29 is 14.7 Å². The van der Waals surface area contributed by atoms with E-state index in [0.717, 1.165) is 19.3 Å². The van der Waals surface area contributed by atoms with E-state index in [2.05, 4.69) is 0 Å². The third-order valence-electron chi connectivity index (χ3n) is 3.43. The van der Waals surface area contributed by atoms with Crippen molar-refractivity contribution in [3.05, 3.63) is 0 Å². The molecule has 3 atom stereocenters. The maximum absolute atomic E-state index is 11.8. The van der Waals surface area contributed by atoms with Crippen LogP contribution in [-0.2, 0) is 9.59 Å². The van der Waals surface area contributed by atoms with Gasteiger partial charge in [0.1, 0.15) is 0 Å². The molecule has 2 aliphatic rings. The van der Waals surface area contributed by atoms with Crippen LogP contribution in [-0.4, -0.2) is 34.5 Å². The highest BCUT2D eigenvalue weighted by Gasteiger charge is 2.44. The van der Waals surface area contributed by atoms with Gasteiger partial charge < -0.3 is 5.11 Å². The lowest BCUT2D eigenvalue weighted by molar-refractivity contribution is -0.153. The van der Waals surface area contributed by atoms with Crippen LogP contribution in [0.2, 0.25) is 0 Å². The molecule has 2 fully saturated rings. The second-order valence-corrected chi connectivity index (χ2v) is 4.67. The number of rotatable bonds is 3. The molecule has 15 heavy (non-hydrogen) atoms. The van der Waals surface area contributed by atoms with Gasteiger partial charge in [0, 0.05) is 18.4 Å². The summed E-state index contributed by atoms with van der Waals surface area (Å²) in [6.07, 6.45) is 2.51. The largest absolute Gasteiger partial charge is 0.393 e. The quantitative estimate of drug-likeness (QED) is 0.693. The number of aliphatic hydroxyl groups excluding tert-OH is 1. The molecule has 0 aromatic heterocycles. The Kier molecular flexibility index (Phi) is 2.78. The molecule has 1 N–H and O–H groups in total. The minimum Gasteiger partial charge on any atom is -0.393 e. The fraction of sp³-hybridized carbons (Fsp3) is 0.818. The zero-order valence-corrected chi connectivity index (χ0v) is 8.98. The van der Waals surface area contributed by atoms with E-state index in [4.69, 9.17) is 5.11 Å². The van der Waals surface area contributed by atoms with Crippen LogP contribution >= 0.6 is 0 Å². The Labute approximate surface area is 89.3 Å². The van der Waals surface area contributed by atoms with Gasteiger partial charge >= 0.3 is 0 Å². The molecule has 2 rings (SSSR count). The van der Waals surface area contributed by atoms with Crippen molar-refractivity contribution >= 4 is 11.8 Å². The molecule has 1 aliphatic heterocycles. The lowest BCUT2D eigenvalue weighted by Crippen LogP contribution is -2.47. The van der Waals surface area contributed by atoms with Gasteiger partial charge in [0.05, 0.1) is 6.10 Å². The molecule has 84 valence electrons. The van der Waals surface area contributed by atoms with Gasteiger partial charge in [-0.25, -0.2) is 0 Å². The summed E-state index contributed by atoms with van der Waals surface area (Å²) in [5.41, 5.74) is 0. The highest BCUT2D eigenvalue weighted by molar-refractivity contribution is 6.00. The molecular formula is C11H17NO3. The highest BCUT2D eigenvalue weighted by Crippen LogP contribution is 2.38. The first-order chi connectivity index (χ1) is 7.09. The van der Waals surface area contributed by atoms with Gasteiger partial charge in [0.2, 0.25) is 11.8 Å². The normalized spacial score (nSPS) is 32.3. The lowest BCUT2D eigenvalue weighted by Gasteiger charge is -2.29. The van der Waals surface area contributed by atoms with E-state index in [1.807, 2.05) is 0 Å². The van der Waals surface area contributed by atoms with Crippen molar-refractivity contribution in [1.82, 2.24) is 4.90 Å². The van der Waals surface area contributed by atoms with Gasteiger partial charge in [0.15, 0.2) is 0 Å². The molecule has 4 nitrogen and oxygen atoms in total. The topological polar surface area (TPSA) is 57.6 Å². The van der Waals surface area contributed by atoms with E-state index < -0.39 is 6.10 Å². The van der Waals surface area contributed by atoms with Crippen molar-refractivity contribution in [2.24, 2.45) is 11.8 Å². The van der Waals surface area contributed by atoms with Crippen molar-refractivity contribution in [3.63, 3.8) is 0 Å². The maximum Gasteiger partial charge on any atom is 0.232 e. The second kappa shape index (κ2) is 3.93. The molecule has 3 unspecified atom stereocenters. The lowest BCUT2D eigenvalue weighted by atomic mass is 9.97. The number of nitrogens with zero attached hydrogens (tertiary/aromatic N) is 1. The van der Waals surface area contributed by atoms with Crippen LogP contribution in [0.5, 0.6) is 0 Å². The first kappa shape index (κ1) is 10.6. The fourth-order valence-electron chi connectivity index (χ4n) is 2.52. The van der Waals surface area contributed by atoms with Gasteiger partial charge in [-0.3, -0.25) is 14.5 Å². The van der Waals surface area contributed by atoms with Crippen molar-refractivity contribution in [1.29, 1.82) is 0 Å². The number of likely N-dealkylation sites (tertiary alicyclic amines) is 1. The maximum atomic E-state index is 11.8. The third-order valence-corrected chi connectivity index (χ3v) is 3.43. The molecule has 1 saturated heterocycles. The summed E-state index contributed by atoms with van der Waals surface area (Å²) in [5.74, 6) is 0.104. The van der Waals surface area contributed by atoms with E-state index in [1.165, 1.54) is 4.90 Å². The monoisotopic (exact) mass is 211 g/mol. The minimum atomic E-state index is -0.454. The van der Waals surface area contributed by atoms with E-state index in [1.54, 1.807) is 6.92 Å². The SMILES string of the molecule is CC(O)CCN1C(=O)C2CCC(C2)C1=O. The molecule has 0 aromatic carbocycles. The molecule has 0 aromatic rings. The number of imide groups is 1. The van der Waals surface area contributed by atoms with E-state index in [-0.39, 0.29) is 23.7 Å². The third kappa shape index (κ3) is 1.91. The minimum absolute atomic E-state index is 0.0191. The van der Waals surface area contributed by atoms with Crippen LogP contribution in [0.25, 0.3) is 0 Å². The standard InChI is InChI=1S/C11H17NO3/c1-7(13)4-5-12-10(14)8-2-3-9(6-8)11(12)15/h7-9,13H,2-6H2,1H3. The zero-order chi connectivity index (χ0) is 11.0. The number of amides is 2. The number of aliphatic hydroxyl groups is 1. The summed E-state index contributed by atoms with van der Waals surface area (Å²) in [7, 11) is 0. The first-order valence-corrected chi connectivity index (χ1v) is 5.63. The Balaban J connectivity index is 2.03. The van der Waals surface area contributed by atoms with Crippen LogP contribution in [0.3, 0.4) is 0 Å². The second-order valence-electron chi connectivity index (χ2n) is 4.67. The van der Waals surface area contributed by atoms with Crippen LogP contribution in [0, 0.1) is 11.8 Å². The summed E-state index contributed by atoms with van der Waals surface area (Å²) in [6, 6.07) is 0. The van der Waals surface area contributed by atoms with Crippen LogP contribution in [0.4, 0.5) is 0 Å². The molecule has 4 heteroatoms. The Bertz CT molecular complexity index is 266. The molecule has 0 spiro atoms. The van der Waals surface area contributed by atoms with E-state index >= 15 is 0 Å². The average Bonchev–Trinajstić information content (AvgIpc) is 2.61. The molecule has 2 bridgehead atoms. The van der Waals surface area contributed by atoms with Gasteiger partial charge in [-0.1, -0.05) is 0 Å². The van der Waals surface area contributed by atoms with Gasteiger partial charge in [-0.05, 0) is 32.6 Å².